The van der Waals surface area contributed by atoms with Gasteiger partial charge in [-0.1, -0.05) is 0 Å². The van der Waals surface area contributed by atoms with Gasteiger partial charge in [0, 0.05) is 11.3 Å². The molecule has 0 amide bonds. The molecule has 0 atom stereocenters. The molecule has 1 radical (unpaired) electrons. The molecule has 0 spiro atoms. The van der Waals surface area contributed by atoms with Crippen LogP contribution in [0.4, 0.5) is 5.69 Å². The Labute approximate surface area is 64.1 Å². The number of hydrogen-bond acceptors (Lipinski definition) is 3. The molecule has 0 unspecified atom stereocenters. The van der Waals surface area contributed by atoms with E-state index in [2.05, 4.69) is 0 Å². The van der Waals surface area contributed by atoms with Crippen LogP contribution in [0.15, 0.2) is 18.2 Å². The molecule has 0 aromatic heterocycles. The molecule has 0 fully saturated rings. The summed E-state index contributed by atoms with van der Waals surface area (Å²) in [5.74, 6) is 0. The first-order valence-electron chi connectivity index (χ1n) is 2.95. The molecular formula is C8H5N2O. The van der Waals surface area contributed by atoms with Crippen LogP contribution >= 0.6 is 0 Å². The van der Waals surface area contributed by atoms with Crippen LogP contribution in [0, 0.1) is 11.3 Å². The van der Waals surface area contributed by atoms with Gasteiger partial charge in [-0.05, 0) is 18.2 Å². The van der Waals surface area contributed by atoms with E-state index in [0.29, 0.717) is 16.8 Å². The molecule has 3 heteroatoms. The first-order valence-corrected chi connectivity index (χ1v) is 2.95. The molecule has 1 aromatic carbocycles. The average molecular weight is 145 g/mol. The number of nitrogens with two attached hydrogens (primary N) is 1. The lowest BCUT2D eigenvalue weighted by Crippen LogP contribution is -1.91. The fourth-order valence-corrected chi connectivity index (χ4v) is 0.717. The summed E-state index contributed by atoms with van der Waals surface area (Å²) in [6.45, 7) is 0. The summed E-state index contributed by atoms with van der Waals surface area (Å²) >= 11 is 0. The molecule has 0 bridgehead atoms. The molecular weight excluding hydrogens is 140 g/mol. The minimum absolute atomic E-state index is 0.311. The van der Waals surface area contributed by atoms with Gasteiger partial charge in [-0.25, -0.2) is 0 Å². The summed E-state index contributed by atoms with van der Waals surface area (Å²) in [5.41, 5.74) is 6.44. The van der Waals surface area contributed by atoms with Crippen LogP contribution in [0.1, 0.15) is 11.1 Å². The second-order valence-electron chi connectivity index (χ2n) is 2.02. The number of benzene rings is 1. The Balaban J connectivity index is 3.25. The Morgan fingerprint density at radius 3 is 2.73 bits per heavy atom. The van der Waals surface area contributed by atoms with Gasteiger partial charge < -0.3 is 5.73 Å². The lowest BCUT2D eigenvalue weighted by Gasteiger charge is -1.95. The van der Waals surface area contributed by atoms with E-state index in [-0.39, 0.29) is 0 Å². The quantitative estimate of drug-likeness (QED) is 0.588. The fourth-order valence-electron chi connectivity index (χ4n) is 0.717. The highest BCUT2D eigenvalue weighted by Crippen LogP contribution is 2.10. The molecule has 0 aliphatic carbocycles. The van der Waals surface area contributed by atoms with Crippen molar-refractivity contribution in [3.05, 3.63) is 29.3 Å². The second-order valence-corrected chi connectivity index (χ2v) is 2.02. The number of nitriles is 1. The average Bonchev–Trinajstić information content (AvgIpc) is 2.05. The van der Waals surface area contributed by atoms with Crippen molar-refractivity contribution < 1.29 is 4.79 Å². The predicted octanol–water partition coefficient (Wildman–Crippen LogP) is 0.598. The number of nitrogens with zero attached hydrogens (tertiary/aromatic N) is 1. The van der Waals surface area contributed by atoms with Gasteiger partial charge in [-0.3, -0.25) is 4.79 Å². The van der Waals surface area contributed by atoms with Crippen molar-refractivity contribution in [2.75, 3.05) is 5.73 Å². The molecule has 11 heavy (non-hydrogen) atoms. The van der Waals surface area contributed by atoms with Gasteiger partial charge in [0.2, 0.25) is 6.29 Å². The smallest absolute Gasteiger partial charge is 0.233 e. The fraction of sp³-hybridized carbons (Fsp3) is 0. The first kappa shape index (κ1) is 7.29. The molecule has 3 nitrogen and oxygen atoms in total. The summed E-state index contributed by atoms with van der Waals surface area (Å²) in [4.78, 5) is 10.1. The highest BCUT2D eigenvalue weighted by Gasteiger charge is 1.98. The summed E-state index contributed by atoms with van der Waals surface area (Å²) in [5, 5.41) is 8.48. The molecule has 0 aliphatic heterocycles. The van der Waals surface area contributed by atoms with Gasteiger partial charge in [0.15, 0.2) is 0 Å². The Morgan fingerprint density at radius 1 is 1.45 bits per heavy atom. The van der Waals surface area contributed by atoms with Crippen molar-refractivity contribution in [3.8, 4) is 6.07 Å². The van der Waals surface area contributed by atoms with Gasteiger partial charge in [0.1, 0.15) is 6.07 Å². The number of rotatable bonds is 1. The maximum absolute atomic E-state index is 10.1. The zero-order valence-electron chi connectivity index (χ0n) is 5.66. The van der Waals surface area contributed by atoms with Crippen LogP contribution in [-0.4, -0.2) is 6.29 Å². The van der Waals surface area contributed by atoms with Gasteiger partial charge in [-0.2, -0.15) is 5.26 Å². The Bertz CT molecular complexity index is 325. The number of carbonyl (C=O) groups excluding carboxylic acids is 1. The molecule has 0 aliphatic rings. The van der Waals surface area contributed by atoms with E-state index in [1.54, 1.807) is 6.29 Å². The molecule has 1 aromatic rings. The van der Waals surface area contributed by atoms with Crippen LogP contribution in [0.3, 0.4) is 0 Å². The standard InChI is InChI=1S/C8H5N2O/c9-4-7-3-6(5-11)1-2-8(7)10/h1-3H,10H2. The zero-order chi connectivity index (χ0) is 8.27. The maximum atomic E-state index is 10.1. The van der Waals surface area contributed by atoms with E-state index in [4.69, 9.17) is 11.0 Å². The van der Waals surface area contributed by atoms with Crippen LogP contribution in [0.25, 0.3) is 0 Å². The van der Waals surface area contributed by atoms with Crippen LogP contribution in [-0.2, 0) is 4.79 Å². The third-order valence-electron chi connectivity index (χ3n) is 1.29. The van der Waals surface area contributed by atoms with Crippen LogP contribution in [0.5, 0.6) is 0 Å². The van der Waals surface area contributed by atoms with Gasteiger partial charge >= 0.3 is 0 Å². The third-order valence-corrected chi connectivity index (χ3v) is 1.29. The van der Waals surface area contributed by atoms with E-state index in [1.165, 1.54) is 18.2 Å². The minimum Gasteiger partial charge on any atom is -0.398 e. The summed E-state index contributed by atoms with van der Waals surface area (Å²) in [6.07, 6.45) is 1.67. The minimum atomic E-state index is 0.311. The summed E-state index contributed by atoms with van der Waals surface area (Å²) < 4.78 is 0. The zero-order valence-corrected chi connectivity index (χ0v) is 5.66. The molecule has 2 N–H and O–H groups in total. The monoisotopic (exact) mass is 145 g/mol. The Kier molecular flexibility index (Phi) is 1.88. The van der Waals surface area contributed by atoms with E-state index in [0.717, 1.165) is 0 Å². The van der Waals surface area contributed by atoms with Crippen molar-refractivity contribution in [3.63, 3.8) is 0 Å². The highest BCUT2D eigenvalue weighted by atomic mass is 16.1. The topological polar surface area (TPSA) is 66.9 Å². The molecule has 1 rings (SSSR count). The lowest BCUT2D eigenvalue weighted by atomic mass is 10.1. The summed E-state index contributed by atoms with van der Waals surface area (Å²) in [7, 11) is 0. The predicted molar refractivity (Wildman–Crippen MR) is 40.4 cm³/mol. The number of nitrogen functional groups attached to an aromatic ring is 1. The normalized spacial score (nSPS) is 8.64. The Hall–Kier alpha value is -1.82. The van der Waals surface area contributed by atoms with Crippen molar-refractivity contribution in [1.82, 2.24) is 0 Å². The van der Waals surface area contributed by atoms with Gasteiger partial charge in [-0.15, -0.1) is 0 Å². The van der Waals surface area contributed by atoms with E-state index in [1.807, 2.05) is 6.07 Å². The van der Waals surface area contributed by atoms with E-state index < -0.39 is 0 Å². The van der Waals surface area contributed by atoms with Crippen LogP contribution < -0.4 is 5.73 Å². The molecule has 0 saturated heterocycles. The van der Waals surface area contributed by atoms with Gasteiger partial charge in [0.25, 0.3) is 0 Å². The van der Waals surface area contributed by atoms with E-state index >= 15 is 0 Å². The van der Waals surface area contributed by atoms with Crippen molar-refractivity contribution in [2.45, 2.75) is 0 Å². The first-order chi connectivity index (χ1) is 5.27. The molecule has 0 saturated carbocycles. The highest BCUT2D eigenvalue weighted by molar-refractivity contribution is 5.77. The SMILES string of the molecule is N#Cc1cc([C]=O)ccc1N. The van der Waals surface area contributed by atoms with Crippen LogP contribution in [0.2, 0.25) is 0 Å². The number of hydrogen-bond donors (Lipinski definition) is 1. The molecule has 0 heterocycles. The van der Waals surface area contributed by atoms with E-state index in [9.17, 15) is 4.79 Å². The van der Waals surface area contributed by atoms with Crippen molar-refractivity contribution in [2.24, 2.45) is 0 Å². The third kappa shape index (κ3) is 1.36. The number of anilines is 1. The lowest BCUT2D eigenvalue weighted by molar-refractivity contribution is 0.563. The molecule has 53 valence electrons. The largest absolute Gasteiger partial charge is 0.398 e. The van der Waals surface area contributed by atoms with Crippen molar-refractivity contribution >= 4 is 12.0 Å². The Morgan fingerprint density at radius 2 is 2.18 bits per heavy atom. The summed E-state index contributed by atoms with van der Waals surface area (Å²) in [6, 6.07) is 6.30. The van der Waals surface area contributed by atoms with Gasteiger partial charge in [0.05, 0.1) is 5.56 Å². The van der Waals surface area contributed by atoms with Crippen molar-refractivity contribution in [1.29, 1.82) is 5.26 Å². The second kappa shape index (κ2) is 2.84. The maximum Gasteiger partial charge on any atom is 0.233 e.